The number of likely N-dealkylation sites (N-methyl/N-ethyl adjacent to an activating group) is 1. The first kappa shape index (κ1) is 51.5. The minimum Gasteiger partial charge on any atom is -0.477 e. The Morgan fingerprint density at radius 1 is 0.564 bits per heavy atom. The Balaban J connectivity index is 4.52. The maximum atomic E-state index is 12.7. The molecular formula is C47H78NO7+. The lowest BCUT2D eigenvalue weighted by molar-refractivity contribution is -0.887. The fourth-order valence-corrected chi connectivity index (χ4v) is 5.63. The maximum Gasteiger partial charge on any atom is 0.362 e. The summed E-state index contributed by atoms with van der Waals surface area (Å²) in [6, 6.07) is -0.630. The number of esters is 2. The summed E-state index contributed by atoms with van der Waals surface area (Å²) in [7, 11) is 5.49. The van der Waals surface area contributed by atoms with Crippen LogP contribution in [0.25, 0.3) is 0 Å². The minimum absolute atomic E-state index is 0.0311. The molecule has 0 spiro atoms. The van der Waals surface area contributed by atoms with Crippen molar-refractivity contribution in [3.05, 3.63) is 85.1 Å². The quantitative estimate of drug-likeness (QED) is 0.0293. The highest BCUT2D eigenvalue weighted by Gasteiger charge is 2.31. The molecule has 0 saturated heterocycles. The van der Waals surface area contributed by atoms with Crippen LogP contribution in [0.15, 0.2) is 85.1 Å². The Bertz CT molecular complexity index is 1170. The van der Waals surface area contributed by atoms with Gasteiger partial charge in [0.15, 0.2) is 12.1 Å². The monoisotopic (exact) mass is 769 g/mol. The summed E-state index contributed by atoms with van der Waals surface area (Å²) in [6.07, 6.45) is 47.7. The molecule has 1 N–H and O–H groups in total. The van der Waals surface area contributed by atoms with E-state index in [-0.39, 0.29) is 42.7 Å². The van der Waals surface area contributed by atoms with E-state index in [1.807, 2.05) is 69.8 Å². The molecule has 0 aromatic carbocycles. The second-order valence-electron chi connectivity index (χ2n) is 15.0. The SMILES string of the molecule is CC/C=C/C=C/C=C/C=C/C=C/CCCCCC(=O)OCC(COCCC(C(=O)O)[N+](C)(C)C)OC(=O)CCCCC/C=C/C=C/CCCCCCCCC. The van der Waals surface area contributed by atoms with Crippen LogP contribution in [0.4, 0.5) is 0 Å². The number of carbonyl (C=O) groups is 3. The standard InChI is InChI=1S/C47H77NO7/c1-6-8-10-12-14-16-18-20-22-24-26-28-30-32-34-36-38-46(50)55-43(41-53-40-39-44(47(51)52)48(3,4)5)42-54-45(49)37-35-33-31-29-27-25-23-21-19-17-15-13-11-9-7-2/h9,11,13,15,17,19,21-28,43-44H,6-8,10,12,14,16,18,20,29-42H2,1-5H3/p+1/b11-9+,15-13+,19-17+,23-21+,24-22+,27-25+,28-26+. The van der Waals surface area contributed by atoms with Crippen molar-refractivity contribution < 1.29 is 38.2 Å². The van der Waals surface area contributed by atoms with E-state index in [0.717, 1.165) is 64.2 Å². The summed E-state index contributed by atoms with van der Waals surface area (Å²) in [5, 5.41) is 9.61. The summed E-state index contributed by atoms with van der Waals surface area (Å²) in [5.41, 5.74) is 0. The van der Waals surface area contributed by atoms with Crippen molar-refractivity contribution >= 4 is 17.9 Å². The van der Waals surface area contributed by atoms with Crippen LogP contribution in [0, 0.1) is 0 Å². The lowest BCUT2D eigenvalue weighted by Gasteiger charge is -2.31. The predicted molar refractivity (Wildman–Crippen MR) is 229 cm³/mol. The molecule has 55 heavy (non-hydrogen) atoms. The van der Waals surface area contributed by atoms with Gasteiger partial charge in [-0.1, -0.05) is 150 Å². The van der Waals surface area contributed by atoms with Crippen LogP contribution in [0.3, 0.4) is 0 Å². The summed E-state index contributed by atoms with van der Waals surface area (Å²) < 4.78 is 17.2. The number of unbranched alkanes of at least 4 members (excludes halogenated alkanes) is 13. The van der Waals surface area contributed by atoms with Crippen molar-refractivity contribution in [3.8, 4) is 0 Å². The molecule has 2 atom stereocenters. The van der Waals surface area contributed by atoms with Crippen LogP contribution < -0.4 is 0 Å². The lowest BCUT2D eigenvalue weighted by atomic mass is 10.1. The van der Waals surface area contributed by atoms with Gasteiger partial charge in [-0.2, -0.15) is 0 Å². The van der Waals surface area contributed by atoms with E-state index < -0.39 is 18.1 Å². The van der Waals surface area contributed by atoms with E-state index in [1.165, 1.54) is 44.9 Å². The number of rotatable bonds is 36. The Hall–Kier alpha value is -3.49. The molecule has 0 rings (SSSR count). The molecule has 0 aromatic heterocycles. The Labute approximate surface area is 335 Å². The summed E-state index contributed by atoms with van der Waals surface area (Å²) >= 11 is 0. The molecule has 0 aliphatic rings. The van der Waals surface area contributed by atoms with E-state index in [1.54, 1.807) is 0 Å². The van der Waals surface area contributed by atoms with Crippen LogP contribution in [0.5, 0.6) is 0 Å². The van der Waals surface area contributed by atoms with Crippen molar-refractivity contribution in [3.63, 3.8) is 0 Å². The summed E-state index contributed by atoms with van der Waals surface area (Å²) in [5.74, 6) is -1.57. The van der Waals surface area contributed by atoms with Crippen LogP contribution in [-0.4, -0.2) is 80.6 Å². The van der Waals surface area contributed by atoms with Crippen LogP contribution in [0.2, 0.25) is 0 Å². The topological polar surface area (TPSA) is 99.1 Å². The number of carboxylic acid groups (broad SMARTS) is 1. The summed E-state index contributed by atoms with van der Waals surface area (Å²) in [6.45, 7) is 4.49. The molecule has 2 unspecified atom stereocenters. The number of carboxylic acids is 1. The zero-order chi connectivity index (χ0) is 40.7. The van der Waals surface area contributed by atoms with Gasteiger partial charge >= 0.3 is 17.9 Å². The van der Waals surface area contributed by atoms with Crippen LogP contribution in [-0.2, 0) is 28.6 Å². The van der Waals surface area contributed by atoms with Crippen LogP contribution >= 0.6 is 0 Å². The predicted octanol–water partition coefficient (Wildman–Crippen LogP) is 11.4. The van der Waals surface area contributed by atoms with Gasteiger partial charge in [0.1, 0.15) is 6.61 Å². The van der Waals surface area contributed by atoms with E-state index in [0.29, 0.717) is 12.8 Å². The minimum atomic E-state index is -0.890. The molecule has 0 amide bonds. The molecule has 0 bridgehead atoms. The third kappa shape index (κ3) is 35.9. The number of aliphatic carboxylic acids is 1. The molecule has 0 heterocycles. The molecule has 0 saturated carbocycles. The number of ether oxygens (including phenoxy) is 3. The molecule has 312 valence electrons. The molecule has 8 heteroatoms. The number of hydrogen-bond donors (Lipinski definition) is 1. The number of nitrogens with zero attached hydrogens (tertiary/aromatic N) is 1. The van der Waals surface area contributed by atoms with E-state index in [2.05, 4.69) is 50.3 Å². The van der Waals surface area contributed by atoms with Gasteiger partial charge in [-0.05, 0) is 57.8 Å². The third-order valence-electron chi connectivity index (χ3n) is 8.93. The average Bonchev–Trinajstić information content (AvgIpc) is 3.14. The largest absolute Gasteiger partial charge is 0.477 e. The smallest absolute Gasteiger partial charge is 0.362 e. The number of quaternary nitrogens is 1. The third-order valence-corrected chi connectivity index (χ3v) is 8.93. The molecule has 0 aliphatic carbocycles. The van der Waals surface area contributed by atoms with Gasteiger partial charge in [0.25, 0.3) is 0 Å². The van der Waals surface area contributed by atoms with Gasteiger partial charge in [-0.25, -0.2) is 4.79 Å². The van der Waals surface area contributed by atoms with Gasteiger partial charge in [0.2, 0.25) is 0 Å². The average molecular weight is 769 g/mol. The number of allylic oxidation sites excluding steroid dienone is 14. The van der Waals surface area contributed by atoms with Gasteiger partial charge < -0.3 is 23.8 Å². The van der Waals surface area contributed by atoms with E-state index in [9.17, 15) is 19.5 Å². The van der Waals surface area contributed by atoms with Crippen molar-refractivity contribution in [1.82, 2.24) is 0 Å². The molecule has 0 aliphatic heterocycles. The molecular weight excluding hydrogens is 691 g/mol. The Morgan fingerprint density at radius 3 is 1.53 bits per heavy atom. The fourth-order valence-electron chi connectivity index (χ4n) is 5.63. The number of hydrogen-bond acceptors (Lipinski definition) is 6. The lowest BCUT2D eigenvalue weighted by Crippen LogP contribution is -2.50. The highest BCUT2D eigenvalue weighted by atomic mass is 16.6. The zero-order valence-corrected chi connectivity index (χ0v) is 35.3. The Morgan fingerprint density at radius 2 is 1.02 bits per heavy atom. The second-order valence-corrected chi connectivity index (χ2v) is 15.0. The molecule has 0 fully saturated rings. The van der Waals surface area contributed by atoms with Gasteiger partial charge in [0, 0.05) is 19.3 Å². The Kier molecular flexibility index (Phi) is 35.1. The first-order valence-corrected chi connectivity index (χ1v) is 21.2. The van der Waals surface area contributed by atoms with Crippen molar-refractivity contribution in [2.24, 2.45) is 0 Å². The van der Waals surface area contributed by atoms with Crippen molar-refractivity contribution in [2.75, 3.05) is 41.0 Å². The van der Waals surface area contributed by atoms with Crippen LogP contribution in [0.1, 0.15) is 142 Å². The van der Waals surface area contributed by atoms with E-state index in [4.69, 9.17) is 14.2 Å². The van der Waals surface area contributed by atoms with Gasteiger partial charge in [-0.3, -0.25) is 9.59 Å². The highest BCUT2D eigenvalue weighted by Crippen LogP contribution is 2.12. The fraction of sp³-hybridized carbons (Fsp3) is 0.638. The first-order chi connectivity index (χ1) is 26.6. The van der Waals surface area contributed by atoms with Crippen molar-refractivity contribution in [1.29, 1.82) is 0 Å². The normalized spacial score (nSPS) is 13.8. The summed E-state index contributed by atoms with van der Waals surface area (Å²) in [4.78, 5) is 36.9. The molecule has 0 aromatic rings. The first-order valence-electron chi connectivity index (χ1n) is 21.2. The highest BCUT2D eigenvalue weighted by molar-refractivity contribution is 5.72. The van der Waals surface area contributed by atoms with Gasteiger partial charge in [0.05, 0.1) is 34.4 Å². The number of carbonyl (C=O) groups excluding carboxylic acids is 2. The van der Waals surface area contributed by atoms with E-state index >= 15 is 0 Å². The second kappa shape index (κ2) is 37.4. The molecule has 0 radical (unpaired) electrons. The maximum absolute atomic E-state index is 12.7. The zero-order valence-electron chi connectivity index (χ0n) is 35.3. The van der Waals surface area contributed by atoms with Gasteiger partial charge in [-0.15, -0.1) is 0 Å². The molecule has 8 nitrogen and oxygen atoms in total. The van der Waals surface area contributed by atoms with Crippen molar-refractivity contribution in [2.45, 2.75) is 154 Å².